The van der Waals surface area contributed by atoms with E-state index in [1.54, 1.807) is 0 Å². The quantitative estimate of drug-likeness (QED) is 0.593. The van der Waals surface area contributed by atoms with E-state index in [0.29, 0.717) is 0 Å². The maximum absolute atomic E-state index is 5.65. The van der Waals surface area contributed by atoms with E-state index in [9.17, 15) is 0 Å². The first kappa shape index (κ1) is 7.63. The summed E-state index contributed by atoms with van der Waals surface area (Å²) in [4.78, 5) is 0.967. The Hall–Kier alpha value is -0.470. The van der Waals surface area contributed by atoms with Crippen LogP contribution in [0.2, 0.25) is 0 Å². The second-order valence-corrected chi connectivity index (χ2v) is 2.90. The number of thiol groups is 1. The van der Waals surface area contributed by atoms with Crippen molar-refractivity contribution in [3.8, 4) is 0 Å². The van der Waals surface area contributed by atoms with E-state index < -0.39 is 0 Å². The van der Waals surface area contributed by atoms with E-state index in [1.165, 1.54) is 0 Å². The van der Waals surface area contributed by atoms with Crippen LogP contribution in [0, 0.1) is 0 Å². The van der Waals surface area contributed by atoms with Gasteiger partial charge in [-0.25, -0.2) is 0 Å². The first-order valence-corrected chi connectivity index (χ1v) is 3.69. The van der Waals surface area contributed by atoms with Crippen LogP contribution in [0.1, 0.15) is 18.5 Å². The molecule has 0 aliphatic heterocycles. The normalized spacial score (nSPS) is 13.1. The molecule has 1 aromatic carbocycles. The van der Waals surface area contributed by atoms with Crippen LogP contribution in [-0.4, -0.2) is 0 Å². The van der Waals surface area contributed by atoms with Gasteiger partial charge in [0.1, 0.15) is 0 Å². The molecule has 0 bridgehead atoms. The summed E-state index contributed by atoms with van der Waals surface area (Å²) in [5.74, 6) is 0. The summed E-state index contributed by atoms with van der Waals surface area (Å²) in [5.41, 5.74) is 6.78. The summed E-state index contributed by atoms with van der Waals surface area (Å²) in [6, 6.07) is 7.99. The van der Waals surface area contributed by atoms with Gasteiger partial charge < -0.3 is 5.73 Å². The molecule has 0 unspecified atom stereocenters. The van der Waals surface area contributed by atoms with Crippen molar-refractivity contribution in [2.24, 2.45) is 5.73 Å². The molecular weight excluding hydrogens is 142 g/mol. The molecule has 2 heteroatoms. The van der Waals surface area contributed by atoms with Crippen molar-refractivity contribution in [2.45, 2.75) is 17.9 Å². The topological polar surface area (TPSA) is 26.0 Å². The highest BCUT2D eigenvalue weighted by atomic mass is 32.1. The maximum atomic E-state index is 5.65. The van der Waals surface area contributed by atoms with Crippen LogP contribution < -0.4 is 5.73 Å². The summed E-state index contributed by atoms with van der Waals surface area (Å²) in [7, 11) is 0. The van der Waals surface area contributed by atoms with Crippen LogP contribution in [0.25, 0.3) is 0 Å². The maximum Gasteiger partial charge on any atom is 0.0266 e. The molecule has 0 aliphatic rings. The van der Waals surface area contributed by atoms with Crippen molar-refractivity contribution in [3.63, 3.8) is 0 Å². The highest BCUT2D eigenvalue weighted by molar-refractivity contribution is 7.80. The molecule has 1 aromatic rings. The van der Waals surface area contributed by atoms with Gasteiger partial charge in [0.2, 0.25) is 0 Å². The number of hydrogen-bond donors (Lipinski definition) is 2. The molecule has 1 nitrogen and oxygen atoms in total. The van der Waals surface area contributed by atoms with Crippen molar-refractivity contribution in [1.82, 2.24) is 0 Å². The Morgan fingerprint density at radius 1 is 1.50 bits per heavy atom. The van der Waals surface area contributed by atoms with E-state index >= 15 is 0 Å². The van der Waals surface area contributed by atoms with Crippen molar-refractivity contribution >= 4 is 12.6 Å². The van der Waals surface area contributed by atoms with Gasteiger partial charge in [0.25, 0.3) is 0 Å². The smallest absolute Gasteiger partial charge is 0.0266 e. The second kappa shape index (κ2) is 3.08. The minimum atomic E-state index is 0.104. The number of rotatable bonds is 1. The highest BCUT2D eigenvalue weighted by Crippen LogP contribution is 2.13. The van der Waals surface area contributed by atoms with E-state index in [-0.39, 0.29) is 6.04 Å². The lowest BCUT2D eigenvalue weighted by molar-refractivity contribution is 0.815. The Bertz CT molecular complexity index is 220. The van der Waals surface area contributed by atoms with Crippen molar-refractivity contribution in [1.29, 1.82) is 0 Å². The fourth-order valence-corrected chi connectivity index (χ4v) is 1.04. The van der Waals surface area contributed by atoms with Crippen molar-refractivity contribution < 1.29 is 0 Å². The zero-order chi connectivity index (χ0) is 7.56. The molecule has 0 aliphatic carbocycles. The lowest BCUT2D eigenvalue weighted by atomic mass is 10.1. The first-order chi connectivity index (χ1) is 4.70. The number of nitrogens with two attached hydrogens (primary N) is 1. The Morgan fingerprint density at radius 2 is 2.20 bits per heavy atom. The summed E-state index contributed by atoms with van der Waals surface area (Å²) in [5, 5.41) is 0. The standard InChI is InChI=1S/C8H11NS/c1-6(9)7-3-2-4-8(10)5-7/h2-6,10H,9H2,1H3/t6-/m1/s1. The van der Waals surface area contributed by atoms with Crippen LogP contribution in [0.5, 0.6) is 0 Å². The van der Waals surface area contributed by atoms with Crippen LogP contribution in [-0.2, 0) is 0 Å². The third-order valence-corrected chi connectivity index (χ3v) is 1.67. The Balaban J connectivity index is 2.96. The summed E-state index contributed by atoms with van der Waals surface area (Å²) in [6.45, 7) is 1.96. The van der Waals surface area contributed by atoms with Gasteiger partial charge in [0.05, 0.1) is 0 Å². The summed E-state index contributed by atoms with van der Waals surface area (Å²) < 4.78 is 0. The lowest BCUT2D eigenvalue weighted by Gasteiger charge is -2.04. The molecule has 0 aromatic heterocycles. The SMILES string of the molecule is C[C@@H](N)c1cccc(S)c1. The average molecular weight is 153 g/mol. The molecule has 0 saturated carbocycles. The van der Waals surface area contributed by atoms with Gasteiger partial charge in [-0.1, -0.05) is 12.1 Å². The molecule has 54 valence electrons. The third kappa shape index (κ3) is 1.75. The van der Waals surface area contributed by atoms with Gasteiger partial charge in [0, 0.05) is 10.9 Å². The van der Waals surface area contributed by atoms with Crippen LogP contribution >= 0.6 is 12.6 Å². The minimum absolute atomic E-state index is 0.104. The van der Waals surface area contributed by atoms with Crippen molar-refractivity contribution in [3.05, 3.63) is 29.8 Å². The fraction of sp³-hybridized carbons (Fsp3) is 0.250. The molecule has 10 heavy (non-hydrogen) atoms. The molecule has 0 amide bonds. The van der Waals surface area contributed by atoms with Crippen molar-refractivity contribution in [2.75, 3.05) is 0 Å². The lowest BCUT2D eigenvalue weighted by Crippen LogP contribution is -2.04. The van der Waals surface area contributed by atoms with Gasteiger partial charge in [-0.15, -0.1) is 12.6 Å². The van der Waals surface area contributed by atoms with Crippen LogP contribution in [0.4, 0.5) is 0 Å². The third-order valence-electron chi connectivity index (χ3n) is 1.40. The molecular formula is C8H11NS. The first-order valence-electron chi connectivity index (χ1n) is 3.24. The fourth-order valence-electron chi connectivity index (χ4n) is 0.808. The molecule has 0 radical (unpaired) electrons. The van der Waals surface area contributed by atoms with E-state index in [4.69, 9.17) is 5.73 Å². The molecule has 0 heterocycles. The molecule has 2 N–H and O–H groups in total. The molecule has 0 spiro atoms. The molecule has 1 atom stereocenters. The Labute approximate surface area is 66.7 Å². The Kier molecular flexibility index (Phi) is 2.35. The largest absolute Gasteiger partial charge is 0.324 e. The van der Waals surface area contributed by atoms with E-state index in [0.717, 1.165) is 10.5 Å². The highest BCUT2D eigenvalue weighted by Gasteiger charge is 1.96. The molecule has 0 fully saturated rings. The van der Waals surface area contributed by atoms with Gasteiger partial charge in [-0.3, -0.25) is 0 Å². The average Bonchev–Trinajstić information content (AvgIpc) is 1.88. The zero-order valence-corrected chi connectivity index (χ0v) is 6.81. The predicted octanol–water partition coefficient (Wildman–Crippen LogP) is 2.00. The van der Waals surface area contributed by atoms with E-state index in [2.05, 4.69) is 12.6 Å². The predicted molar refractivity (Wildman–Crippen MR) is 46.3 cm³/mol. The zero-order valence-electron chi connectivity index (χ0n) is 5.91. The van der Waals surface area contributed by atoms with E-state index in [1.807, 2.05) is 31.2 Å². The van der Waals surface area contributed by atoms with Gasteiger partial charge in [0.15, 0.2) is 0 Å². The molecule has 1 rings (SSSR count). The Morgan fingerprint density at radius 3 is 2.60 bits per heavy atom. The monoisotopic (exact) mass is 153 g/mol. The minimum Gasteiger partial charge on any atom is -0.324 e. The van der Waals surface area contributed by atoms with Crippen LogP contribution in [0.3, 0.4) is 0 Å². The van der Waals surface area contributed by atoms with Gasteiger partial charge in [-0.05, 0) is 24.6 Å². The van der Waals surface area contributed by atoms with Gasteiger partial charge in [-0.2, -0.15) is 0 Å². The number of hydrogen-bond acceptors (Lipinski definition) is 2. The van der Waals surface area contributed by atoms with Gasteiger partial charge >= 0.3 is 0 Å². The summed E-state index contributed by atoms with van der Waals surface area (Å²) in [6.07, 6.45) is 0. The second-order valence-electron chi connectivity index (χ2n) is 2.38. The molecule has 0 saturated heterocycles. The summed E-state index contributed by atoms with van der Waals surface area (Å²) >= 11 is 4.19. The van der Waals surface area contributed by atoms with Crippen LogP contribution in [0.15, 0.2) is 29.2 Å². The number of benzene rings is 1.